The quantitative estimate of drug-likeness (QED) is 0.354. The number of likely N-dealkylation sites (tertiary alicyclic amines) is 1. The van der Waals surface area contributed by atoms with E-state index >= 15 is 0 Å². The lowest BCUT2D eigenvalue weighted by atomic mass is 9.98. The van der Waals surface area contributed by atoms with Crippen LogP contribution >= 0.6 is 11.3 Å². The molecule has 30 heavy (non-hydrogen) atoms. The zero-order valence-electron chi connectivity index (χ0n) is 16.6. The minimum atomic E-state index is -0.703. The Kier molecular flexibility index (Phi) is 5.46. The number of amides is 1. The Morgan fingerprint density at radius 1 is 1.20 bits per heavy atom. The molecule has 154 valence electrons. The van der Waals surface area contributed by atoms with Crippen LogP contribution in [0.15, 0.2) is 64.1 Å². The van der Waals surface area contributed by atoms with Gasteiger partial charge in [-0.05, 0) is 67.3 Å². The SMILES string of the molecule is CCOc1ccc(/C(O)=C2\C(=O)C(=O)N(Cc3ccco3)C2c2sccc2C)cc1. The van der Waals surface area contributed by atoms with Crippen molar-refractivity contribution in [2.45, 2.75) is 26.4 Å². The van der Waals surface area contributed by atoms with Crippen molar-refractivity contribution in [2.75, 3.05) is 6.61 Å². The second-order valence-corrected chi connectivity index (χ2v) is 7.88. The first-order valence-corrected chi connectivity index (χ1v) is 10.5. The van der Waals surface area contributed by atoms with E-state index in [2.05, 4.69) is 0 Å². The van der Waals surface area contributed by atoms with Gasteiger partial charge in [0.25, 0.3) is 11.7 Å². The van der Waals surface area contributed by atoms with Crippen molar-refractivity contribution in [3.05, 3.63) is 81.4 Å². The Balaban J connectivity index is 1.81. The summed E-state index contributed by atoms with van der Waals surface area (Å²) in [6, 6.07) is 11.6. The maximum absolute atomic E-state index is 13.0. The van der Waals surface area contributed by atoms with Gasteiger partial charge in [0, 0.05) is 10.4 Å². The molecule has 4 rings (SSSR count). The maximum atomic E-state index is 13.0. The van der Waals surface area contributed by atoms with E-state index in [4.69, 9.17) is 9.15 Å². The topological polar surface area (TPSA) is 80.0 Å². The molecule has 6 nitrogen and oxygen atoms in total. The number of carbonyl (C=O) groups excluding carboxylic acids is 2. The number of aryl methyl sites for hydroxylation is 1. The first kappa shape index (κ1) is 20.0. The van der Waals surface area contributed by atoms with E-state index in [1.54, 1.807) is 36.4 Å². The summed E-state index contributed by atoms with van der Waals surface area (Å²) < 4.78 is 10.8. The summed E-state index contributed by atoms with van der Waals surface area (Å²) in [6.07, 6.45) is 1.53. The fourth-order valence-corrected chi connectivity index (χ4v) is 4.63. The Morgan fingerprint density at radius 2 is 1.97 bits per heavy atom. The maximum Gasteiger partial charge on any atom is 0.296 e. The lowest BCUT2D eigenvalue weighted by Gasteiger charge is -2.24. The van der Waals surface area contributed by atoms with Gasteiger partial charge in [0.15, 0.2) is 0 Å². The van der Waals surface area contributed by atoms with E-state index < -0.39 is 17.7 Å². The molecule has 1 N–H and O–H groups in total. The van der Waals surface area contributed by atoms with Gasteiger partial charge in [-0.3, -0.25) is 9.59 Å². The third-order valence-electron chi connectivity index (χ3n) is 5.04. The van der Waals surface area contributed by atoms with Crippen LogP contribution in [0.5, 0.6) is 5.75 Å². The van der Waals surface area contributed by atoms with E-state index in [9.17, 15) is 14.7 Å². The molecule has 1 aliphatic heterocycles. The van der Waals surface area contributed by atoms with Crippen LogP contribution in [0.1, 0.15) is 34.7 Å². The molecule has 1 unspecified atom stereocenters. The van der Waals surface area contributed by atoms with Crippen LogP contribution in [-0.4, -0.2) is 28.3 Å². The first-order chi connectivity index (χ1) is 14.5. The molecule has 1 saturated heterocycles. The number of ether oxygens (including phenoxy) is 1. The highest BCUT2D eigenvalue weighted by Gasteiger charge is 2.47. The summed E-state index contributed by atoms with van der Waals surface area (Å²) in [5.41, 5.74) is 1.49. The summed E-state index contributed by atoms with van der Waals surface area (Å²) in [6.45, 7) is 4.48. The van der Waals surface area contributed by atoms with Crippen molar-refractivity contribution in [3.63, 3.8) is 0 Å². The zero-order chi connectivity index (χ0) is 21.3. The van der Waals surface area contributed by atoms with Crippen molar-refractivity contribution in [2.24, 2.45) is 0 Å². The normalized spacial score (nSPS) is 18.2. The van der Waals surface area contributed by atoms with Crippen LogP contribution in [0.25, 0.3) is 5.76 Å². The number of ketones is 1. The van der Waals surface area contributed by atoms with Gasteiger partial charge in [0.05, 0.1) is 25.0 Å². The molecule has 1 aliphatic rings. The summed E-state index contributed by atoms with van der Waals surface area (Å²) in [5, 5.41) is 13.0. The Morgan fingerprint density at radius 3 is 2.57 bits per heavy atom. The number of aliphatic hydroxyl groups excluding tert-OH is 1. The highest BCUT2D eigenvalue weighted by molar-refractivity contribution is 7.10. The highest BCUT2D eigenvalue weighted by atomic mass is 32.1. The van der Waals surface area contributed by atoms with Crippen LogP contribution in [0, 0.1) is 6.92 Å². The van der Waals surface area contributed by atoms with Crippen LogP contribution in [0.4, 0.5) is 0 Å². The van der Waals surface area contributed by atoms with Crippen LogP contribution in [-0.2, 0) is 16.1 Å². The molecule has 1 amide bonds. The average Bonchev–Trinajstić information content (AvgIpc) is 3.46. The predicted molar refractivity (Wildman–Crippen MR) is 113 cm³/mol. The number of hydrogen-bond donors (Lipinski definition) is 1. The fourth-order valence-electron chi connectivity index (χ4n) is 3.58. The predicted octanol–water partition coefficient (Wildman–Crippen LogP) is 4.67. The van der Waals surface area contributed by atoms with Crippen LogP contribution < -0.4 is 4.74 Å². The van der Waals surface area contributed by atoms with Crippen LogP contribution in [0.3, 0.4) is 0 Å². The molecule has 1 atom stereocenters. The van der Waals surface area contributed by atoms with Gasteiger partial charge in [-0.15, -0.1) is 11.3 Å². The van der Waals surface area contributed by atoms with Gasteiger partial charge in [-0.25, -0.2) is 0 Å². The molecule has 3 heterocycles. The van der Waals surface area contributed by atoms with Crippen molar-refractivity contribution in [1.82, 2.24) is 4.90 Å². The number of Topliss-reactive ketones (excluding diaryl/α,β-unsaturated/α-hetero) is 1. The summed E-state index contributed by atoms with van der Waals surface area (Å²) in [7, 11) is 0. The summed E-state index contributed by atoms with van der Waals surface area (Å²) >= 11 is 1.45. The second-order valence-electron chi connectivity index (χ2n) is 6.93. The largest absolute Gasteiger partial charge is 0.507 e. The third-order valence-corrected chi connectivity index (χ3v) is 6.11. The molecular weight excluding hydrogens is 402 g/mol. The number of benzene rings is 1. The lowest BCUT2D eigenvalue weighted by Crippen LogP contribution is -2.28. The van der Waals surface area contributed by atoms with E-state index in [0.29, 0.717) is 23.7 Å². The Labute approximate surface area is 178 Å². The number of thiophene rings is 1. The average molecular weight is 423 g/mol. The third kappa shape index (κ3) is 3.52. The molecule has 3 aromatic rings. The molecule has 7 heteroatoms. The number of rotatable bonds is 6. The minimum Gasteiger partial charge on any atom is -0.507 e. The molecule has 0 aliphatic carbocycles. The second kappa shape index (κ2) is 8.20. The minimum absolute atomic E-state index is 0.0845. The molecular formula is C23H21NO5S. The van der Waals surface area contributed by atoms with Crippen molar-refractivity contribution in [1.29, 1.82) is 0 Å². The number of furan rings is 1. The van der Waals surface area contributed by atoms with Gasteiger partial charge in [0.1, 0.15) is 23.3 Å². The van der Waals surface area contributed by atoms with Gasteiger partial charge in [-0.2, -0.15) is 0 Å². The number of aliphatic hydroxyl groups is 1. The molecule has 0 saturated carbocycles. The van der Waals surface area contributed by atoms with Gasteiger partial charge in [0.2, 0.25) is 0 Å². The van der Waals surface area contributed by atoms with Crippen LogP contribution in [0.2, 0.25) is 0 Å². The van der Waals surface area contributed by atoms with Crippen molar-refractivity contribution >= 4 is 28.8 Å². The molecule has 1 aromatic carbocycles. The number of nitrogens with zero attached hydrogens (tertiary/aromatic N) is 1. The standard InChI is InChI=1S/C23H21NO5S/c1-3-28-16-8-6-15(7-9-16)20(25)18-19(22-14(2)10-12-30-22)24(23(27)21(18)26)13-17-5-4-11-29-17/h4-12,19,25H,3,13H2,1-2H3/b20-18+. The van der Waals surface area contributed by atoms with E-state index in [0.717, 1.165) is 10.4 Å². The monoisotopic (exact) mass is 423 g/mol. The van der Waals surface area contributed by atoms with Crippen molar-refractivity contribution < 1.29 is 23.8 Å². The first-order valence-electron chi connectivity index (χ1n) is 9.59. The smallest absolute Gasteiger partial charge is 0.296 e. The van der Waals surface area contributed by atoms with E-state index in [1.807, 2.05) is 25.3 Å². The van der Waals surface area contributed by atoms with Gasteiger partial charge in [-0.1, -0.05) is 0 Å². The zero-order valence-corrected chi connectivity index (χ0v) is 17.4. The molecule has 0 bridgehead atoms. The molecule has 1 fully saturated rings. The summed E-state index contributed by atoms with van der Waals surface area (Å²) in [4.78, 5) is 28.2. The number of carbonyl (C=O) groups is 2. The lowest BCUT2D eigenvalue weighted by molar-refractivity contribution is -0.140. The molecule has 0 radical (unpaired) electrons. The summed E-state index contributed by atoms with van der Waals surface area (Å²) in [5.74, 6) is -0.325. The Hall–Kier alpha value is -3.32. The fraction of sp³-hybridized carbons (Fsp3) is 0.217. The van der Waals surface area contributed by atoms with Crippen molar-refractivity contribution in [3.8, 4) is 5.75 Å². The molecule has 0 spiro atoms. The Bertz CT molecular complexity index is 1100. The highest BCUT2D eigenvalue weighted by Crippen LogP contribution is 2.43. The van der Waals surface area contributed by atoms with Gasteiger partial charge >= 0.3 is 0 Å². The van der Waals surface area contributed by atoms with E-state index in [1.165, 1.54) is 22.5 Å². The van der Waals surface area contributed by atoms with E-state index in [-0.39, 0.29) is 17.9 Å². The molecule has 2 aromatic heterocycles. The number of hydrogen-bond acceptors (Lipinski definition) is 6. The van der Waals surface area contributed by atoms with Gasteiger partial charge < -0.3 is 19.2 Å².